The number of alkyl halides is 1. The van der Waals surface area contributed by atoms with Crippen LogP contribution in [0.1, 0.15) is 16.7 Å². The lowest BCUT2D eigenvalue weighted by Gasteiger charge is -2.08. The van der Waals surface area contributed by atoms with Crippen molar-refractivity contribution in [2.24, 2.45) is 0 Å². The zero-order valence-electron chi connectivity index (χ0n) is 8.66. The van der Waals surface area contributed by atoms with Crippen LogP contribution in [0.15, 0.2) is 12.1 Å². The molecule has 0 spiro atoms. The van der Waals surface area contributed by atoms with Gasteiger partial charge in [-0.1, -0.05) is 0 Å². The van der Waals surface area contributed by atoms with Gasteiger partial charge < -0.3 is 9.84 Å². The largest absolute Gasteiger partial charge is 0.508 e. The lowest BCUT2D eigenvalue weighted by Crippen LogP contribution is -2.08. The van der Waals surface area contributed by atoms with Crippen molar-refractivity contribution in [3.63, 3.8) is 0 Å². The van der Waals surface area contributed by atoms with Crippen LogP contribution in [0, 0.1) is 11.3 Å². The van der Waals surface area contributed by atoms with Crippen LogP contribution in [0.25, 0.3) is 0 Å². The molecule has 0 fully saturated rings. The Morgan fingerprint density at radius 2 is 2.31 bits per heavy atom. The van der Waals surface area contributed by atoms with E-state index in [9.17, 15) is 9.90 Å². The van der Waals surface area contributed by atoms with Crippen molar-refractivity contribution in [3.05, 3.63) is 28.8 Å². The Balaban J connectivity index is 3.23. The summed E-state index contributed by atoms with van der Waals surface area (Å²) in [5.74, 6) is -0.371. The van der Waals surface area contributed by atoms with E-state index in [1.807, 2.05) is 6.07 Å². The fraction of sp³-hybridized carbons (Fsp3) is 0.273. The Hall–Kier alpha value is -1.73. The minimum atomic E-state index is -0.450. The smallest absolute Gasteiger partial charge is 0.310 e. The number of hydrogen-bond acceptors (Lipinski definition) is 4. The van der Waals surface area contributed by atoms with E-state index in [1.165, 1.54) is 19.2 Å². The summed E-state index contributed by atoms with van der Waals surface area (Å²) >= 11 is 5.69. The number of esters is 1. The Labute approximate surface area is 98.0 Å². The van der Waals surface area contributed by atoms with E-state index in [4.69, 9.17) is 16.9 Å². The minimum Gasteiger partial charge on any atom is -0.508 e. The van der Waals surface area contributed by atoms with Gasteiger partial charge in [0, 0.05) is 5.88 Å². The number of carbonyl (C=O) groups is 1. The van der Waals surface area contributed by atoms with E-state index in [2.05, 4.69) is 4.74 Å². The third kappa shape index (κ3) is 2.65. The highest BCUT2D eigenvalue weighted by atomic mass is 35.5. The summed E-state index contributed by atoms with van der Waals surface area (Å²) in [5, 5.41) is 18.2. The number of nitrogens with zero attached hydrogens (tertiary/aromatic N) is 1. The number of nitriles is 1. The van der Waals surface area contributed by atoms with Crippen LogP contribution >= 0.6 is 11.6 Å². The molecule has 1 aromatic carbocycles. The van der Waals surface area contributed by atoms with Crippen LogP contribution in [-0.4, -0.2) is 18.2 Å². The number of aromatic hydroxyl groups is 1. The van der Waals surface area contributed by atoms with Gasteiger partial charge in [-0.2, -0.15) is 5.26 Å². The number of methoxy groups -OCH3 is 1. The molecular weight excluding hydrogens is 230 g/mol. The number of phenolic OH excluding ortho intramolecular Hbond substituents is 1. The van der Waals surface area contributed by atoms with Gasteiger partial charge in [0.1, 0.15) is 5.75 Å². The molecule has 0 aromatic heterocycles. The van der Waals surface area contributed by atoms with Crippen molar-refractivity contribution in [2.75, 3.05) is 7.11 Å². The van der Waals surface area contributed by atoms with E-state index in [0.717, 1.165) is 0 Å². The molecule has 0 saturated carbocycles. The fourth-order valence-electron chi connectivity index (χ4n) is 1.36. The van der Waals surface area contributed by atoms with Gasteiger partial charge in [-0.25, -0.2) is 0 Å². The molecule has 0 atom stereocenters. The average molecular weight is 240 g/mol. The second-order valence-corrected chi connectivity index (χ2v) is 3.40. The standard InChI is InChI=1S/C11H10ClNO3/c1-16-11(15)4-10-7(5-12)2-9(14)3-8(10)6-13/h2-3,14H,4-5H2,1H3. The predicted molar refractivity (Wildman–Crippen MR) is 58.1 cm³/mol. The van der Waals surface area contributed by atoms with Crippen LogP contribution in [0.4, 0.5) is 0 Å². The van der Waals surface area contributed by atoms with Crippen LogP contribution in [0.3, 0.4) is 0 Å². The van der Waals surface area contributed by atoms with Gasteiger partial charge in [-0.15, -0.1) is 11.6 Å². The summed E-state index contributed by atoms with van der Waals surface area (Å²) in [6.45, 7) is 0. The Morgan fingerprint density at radius 1 is 1.62 bits per heavy atom. The Kier molecular flexibility index (Phi) is 4.15. The van der Waals surface area contributed by atoms with Gasteiger partial charge in [-0.05, 0) is 23.3 Å². The summed E-state index contributed by atoms with van der Waals surface area (Å²) < 4.78 is 4.53. The lowest BCUT2D eigenvalue weighted by atomic mass is 9.99. The van der Waals surface area contributed by atoms with Crippen molar-refractivity contribution >= 4 is 17.6 Å². The highest BCUT2D eigenvalue weighted by Gasteiger charge is 2.14. The third-order valence-electron chi connectivity index (χ3n) is 2.14. The molecule has 0 heterocycles. The molecule has 0 aliphatic heterocycles. The van der Waals surface area contributed by atoms with Gasteiger partial charge >= 0.3 is 5.97 Å². The number of phenols is 1. The zero-order chi connectivity index (χ0) is 12.1. The van der Waals surface area contributed by atoms with Crippen molar-refractivity contribution in [1.82, 2.24) is 0 Å². The molecule has 0 bridgehead atoms. The molecule has 1 rings (SSSR count). The van der Waals surface area contributed by atoms with Gasteiger partial charge in [0.25, 0.3) is 0 Å². The topological polar surface area (TPSA) is 70.3 Å². The molecule has 16 heavy (non-hydrogen) atoms. The number of rotatable bonds is 3. The van der Waals surface area contributed by atoms with E-state index in [1.54, 1.807) is 0 Å². The summed E-state index contributed by atoms with van der Waals surface area (Å²) in [6, 6.07) is 4.65. The fourth-order valence-corrected chi connectivity index (χ4v) is 1.60. The minimum absolute atomic E-state index is 0.0261. The lowest BCUT2D eigenvalue weighted by molar-refractivity contribution is -0.139. The maximum atomic E-state index is 11.2. The molecule has 0 unspecified atom stereocenters. The number of hydrogen-bond donors (Lipinski definition) is 1. The van der Waals surface area contributed by atoms with Crippen LogP contribution in [0.2, 0.25) is 0 Å². The molecule has 1 N–H and O–H groups in total. The molecular formula is C11H10ClNO3. The van der Waals surface area contributed by atoms with Gasteiger partial charge in [-0.3, -0.25) is 4.79 Å². The summed E-state index contributed by atoms with van der Waals surface area (Å²) in [6.07, 6.45) is -0.0261. The average Bonchev–Trinajstić information content (AvgIpc) is 2.30. The number of halogens is 1. The molecule has 0 amide bonds. The van der Waals surface area contributed by atoms with Gasteiger partial charge in [0.05, 0.1) is 25.2 Å². The molecule has 84 valence electrons. The first-order valence-corrected chi connectivity index (χ1v) is 5.03. The van der Waals surface area contributed by atoms with Crippen molar-refractivity contribution in [1.29, 1.82) is 5.26 Å². The molecule has 0 saturated heterocycles. The maximum absolute atomic E-state index is 11.2. The molecule has 4 nitrogen and oxygen atoms in total. The molecule has 0 aliphatic rings. The van der Waals surface area contributed by atoms with Crippen molar-refractivity contribution in [2.45, 2.75) is 12.3 Å². The third-order valence-corrected chi connectivity index (χ3v) is 2.43. The number of ether oxygens (including phenoxy) is 1. The Bertz CT molecular complexity index is 451. The SMILES string of the molecule is COC(=O)Cc1c(C#N)cc(O)cc1CCl. The quantitative estimate of drug-likeness (QED) is 0.644. The summed E-state index contributed by atoms with van der Waals surface area (Å²) in [7, 11) is 1.27. The molecule has 0 aliphatic carbocycles. The van der Waals surface area contributed by atoms with E-state index < -0.39 is 5.97 Å². The second-order valence-electron chi connectivity index (χ2n) is 3.13. The first-order chi connectivity index (χ1) is 7.62. The number of benzene rings is 1. The normalized spacial score (nSPS) is 9.56. The van der Waals surface area contributed by atoms with E-state index in [0.29, 0.717) is 11.1 Å². The maximum Gasteiger partial charge on any atom is 0.310 e. The van der Waals surface area contributed by atoms with Crippen LogP contribution in [-0.2, 0) is 21.8 Å². The highest BCUT2D eigenvalue weighted by molar-refractivity contribution is 6.17. The highest BCUT2D eigenvalue weighted by Crippen LogP contribution is 2.23. The molecule has 0 radical (unpaired) electrons. The second kappa shape index (κ2) is 5.38. The molecule has 1 aromatic rings. The Morgan fingerprint density at radius 3 is 2.81 bits per heavy atom. The van der Waals surface area contributed by atoms with Crippen LogP contribution in [0.5, 0.6) is 5.75 Å². The van der Waals surface area contributed by atoms with Crippen LogP contribution < -0.4 is 0 Å². The summed E-state index contributed by atoms with van der Waals surface area (Å²) in [5.41, 5.74) is 1.30. The van der Waals surface area contributed by atoms with Crippen molar-refractivity contribution in [3.8, 4) is 11.8 Å². The molecule has 5 heteroatoms. The van der Waals surface area contributed by atoms with Crippen molar-refractivity contribution < 1.29 is 14.6 Å². The number of carbonyl (C=O) groups excluding carboxylic acids is 1. The first-order valence-electron chi connectivity index (χ1n) is 4.50. The predicted octanol–water partition coefficient (Wildman–Crippen LogP) is 1.72. The first kappa shape index (κ1) is 12.3. The van der Waals surface area contributed by atoms with E-state index in [-0.39, 0.29) is 23.6 Å². The summed E-state index contributed by atoms with van der Waals surface area (Å²) in [4.78, 5) is 11.2. The van der Waals surface area contributed by atoms with E-state index >= 15 is 0 Å². The van der Waals surface area contributed by atoms with Gasteiger partial charge in [0.2, 0.25) is 0 Å². The zero-order valence-corrected chi connectivity index (χ0v) is 9.41. The van der Waals surface area contributed by atoms with Gasteiger partial charge in [0.15, 0.2) is 0 Å². The monoisotopic (exact) mass is 239 g/mol.